The molecule has 4 bridgehead atoms. The first-order valence-electron chi connectivity index (χ1n) is 7.75. The minimum Gasteiger partial charge on any atom is -0.315 e. The summed E-state index contributed by atoms with van der Waals surface area (Å²) in [7, 11) is 0. The maximum absolute atomic E-state index is 3.88. The largest absolute Gasteiger partial charge is 0.315 e. The number of hydrogen-bond acceptors (Lipinski definition) is 2. The Morgan fingerprint density at radius 3 is 2.18 bits per heavy atom. The smallest absolute Gasteiger partial charge is 0.0204 e. The number of rotatable bonds is 3. The Morgan fingerprint density at radius 1 is 1.00 bits per heavy atom. The van der Waals surface area contributed by atoms with Gasteiger partial charge in [-0.1, -0.05) is 0 Å². The Morgan fingerprint density at radius 2 is 1.65 bits per heavy atom. The van der Waals surface area contributed by atoms with Crippen molar-refractivity contribution in [1.29, 1.82) is 0 Å². The fourth-order valence-electron chi connectivity index (χ4n) is 5.70. The topological polar surface area (TPSA) is 24.1 Å². The molecule has 1 atom stereocenters. The van der Waals surface area contributed by atoms with Crippen molar-refractivity contribution in [2.75, 3.05) is 19.6 Å². The molecule has 1 unspecified atom stereocenters. The Labute approximate surface area is 105 Å². The van der Waals surface area contributed by atoms with E-state index in [0.717, 1.165) is 29.2 Å². The van der Waals surface area contributed by atoms with Gasteiger partial charge in [0, 0.05) is 19.1 Å². The van der Waals surface area contributed by atoms with Crippen molar-refractivity contribution in [3.05, 3.63) is 0 Å². The molecule has 0 aromatic rings. The van der Waals surface area contributed by atoms with Crippen LogP contribution in [0.3, 0.4) is 0 Å². The lowest BCUT2D eigenvalue weighted by atomic mass is 9.49. The highest BCUT2D eigenvalue weighted by atomic mass is 15.0. The van der Waals surface area contributed by atoms with Crippen LogP contribution in [-0.4, -0.2) is 25.7 Å². The molecule has 1 saturated heterocycles. The Kier molecular flexibility index (Phi) is 2.52. The molecule has 0 radical (unpaired) electrons. The van der Waals surface area contributed by atoms with Gasteiger partial charge in [-0.15, -0.1) is 0 Å². The van der Waals surface area contributed by atoms with Crippen LogP contribution >= 0.6 is 0 Å². The van der Waals surface area contributed by atoms with Gasteiger partial charge in [0.15, 0.2) is 0 Å². The standard InChI is InChI=1S/C15H26N2/c1-2-16-9-14(1)17-10-15-6-11-3-12(7-15)5-13(4-11)8-15/h11-14,16-17H,1-10H2. The monoisotopic (exact) mass is 234 g/mol. The molecule has 4 aliphatic carbocycles. The third kappa shape index (κ3) is 1.94. The van der Waals surface area contributed by atoms with Gasteiger partial charge in [0.2, 0.25) is 0 Å². The van der Waals surface area contributed by atoms with Crippen LogP contribution < -0.4 is 10.6 Å². The summed E-state index contributed by atoms with van der Waals surface area (Å²) in [5.74, 6) is 3.30. The fraction of sp³-hybridized carbons (Fsp3) is 1.00. The van der Waals surface area contributed by atoms with Gasteiger partial charge in [0.25, 0.3) is 0 Å². The molecule has 2 N–H and O–H groups in total. The summed E-state index contributed by atoms with van der Waals surface area (Å²) < 4.78 is 0. The zero-order valence-corrected chi connectivity index (χ0v) is 10.9. The summed E-state index contributed by atoms with van der Waals surface area (Å²) in [6.07, 6.45) is 10.7. The van der Waals surface area contributed by atoms with Crippen molar-refractivity contribution >= 4 is 0 Å². The van der Waals surface area contributed by atoms with Crippen LogP contribution in [0, 0.1) is 23.2 Å². The highest BCUT2D eigenvalue weighted by molar-refractivity contribution is 5.02. The van der Waals surface area contributed by atoms with Crippen molar-refractivity contribution < 1.29 is 0 Å². The van der Waals surface area contributed by atoms with Crippen LogP contribution in [0.5, 0.6) is 0 Å². The van der Waals surface area contributed by atoms with E-state index in [1.165, 1.54) is 26.1 Å². The van der Waals surface area contributed by atoms with Gasteiger partial charge in [-0.05, 0) is 74.7 Å². The van der Waals surface area contributed by atoms with Crippen LogP contribution in [0.25, 0.3) is 0 Å². The molecule has 5 fully saturated rings. The molecule has 1 heterocycles. The molecule has 5 rings (SSSR count). The predicted molar refractivity (Wildman–Crippen MR) is 69.9 cm³/mol. The van der Waals surface area contributed by atoms with Gasteiger partial charge in [-0.2, -0.15) is 0 Å². The summed E-state index contributed by atoms with van der Waals surface area (Å²) in [6, 6.07) is 0.767. The average Bonchev–Trinajstić information content (AvgIpc) is 2.77. The van der Waals surface area contributed by atoms with Crippen LogP contribution in [0.15, 0.2) is 0 Å². The zero-order valence-electron chi connectivity index (χ0n) is 10.9. The minimum absolute atomic E-state index is 0.720. The highest BCUT2D eigenvalue weighted by Crippen LogP contribution is 2.59. The van der Waals surface area contributed by atoms with E-state index in [-0.39, 0.29) is 0 Å². The van der Waals surface area contributed by atoms with Crippen LogP contribution in [-0.2, 0) is 0 Å². The van der Waals surface area contributed by atoms with E-state index in [4.69, 9.17) is 0 Å². The first-order valence-corrected chi connectivity index (χ1v) is 7.75. The third-order valence-electron chi connectivity index (χ3n) is 5.99. The number of nitrogens with one attached hydrogen (secondary N) is 2. The molecule has 5 aliphatic rings. The lowest BCUT2D eigenvalue weighted by Crippen LogP contribution is -2.51. The van der Waals surface area contributed by atoms with E-state index >= 15 is 0 Å². The Bertz CT molecular complexity index is 258. The molecule has 0 amide bonds. The first-order chi connectivity index (χ1) is 8.31. The van der Waals surface area contributed by atoms with Crippen LogP contribution in [0.2, 0.25) is 0 Å². The lowest BCUT2D eigenvalue weighted by molar-refractivity contribution is -0.0522. The predicted octanol–water partition coefficient (Wildman–Crippen LogP) is 2.15. The molecule has 2 nitrogen and oxygen atoms in total. The Hall–Kier alpha value is -0.0800. The molecular weight excluding hydrogens is 208 g/mol. The van der Waals surface area contributed by atoms with Gasteiger partial charge in [-0.25, -0.2) is 0 Å². The van der Waals surface area contributed by atoms with Gasteiger partial charge >= 0.3 is 0 Å². The minimum atomic E-state index is 0.720. The number of hydrogen-bond donors (Lipinski definition) is 2. The summed E-state index contributed by atoms with van der Waals surface area (Å²) in [4.78, 5) is 0. The molecule has 4 saturated carbocycles. The fourth-order valence-corrected chi connectivity index (χ4v) is 5.70. The van der Waals surface area contributed by atoms with E-state index in [1.807, 2.05) is 0 Å². The van der Waals surface area contributed by atoms with Gasteiger partial charge < -0.3 is 10.6 Å². The van der Waals surface area contributed by atoms with E-state index in [2.05, 4.69) is 10.6 Å². The lowest BCUT2D eigenvalue weighted by Gasteiger charge is -2.57. The molecule has 1 aliphatic heterocycles. The second-order valence-corrected chi connectivity index (χ2v) is 7.49. The Balaban J connectivity index is 1.42. The molecule has 2 heteroatoms. The van der Waals surface area contributed by atoms with E-state index in [9.17, 15) is 0 Å². The molecule has 0 aromatic heterocycles. The van der Waals surface area contributed by atoms with Gasteiger partial charge in [-0.3, -0.25) is 0 Å². The van der Waals surface area contributed by atoms with Crippen LogP contribution in [0.1, 0.15) is 44.9 Å². The molecular formula is C15H26N2. The van der Waals surface area contributed by atoms with Gasteiger partial charge in [0.1, 0.15) is 0 Å². The van der Waals surface area contributed by atoms with Crippen molar-refractivity contribution in [3.63, 3.8) is 0 Å². The second kappa shape index (κ2) is 3.96. The van der Waals surface area contributed by atoms with Crippen molar-refractivity contribution in [2.24, 2.45) is 23.2 Å². The van der Waals surface area contributed by atoms with Crippen molar-refractivity contribution in [2.45, 2.75) is 51.0 Å². The molecule has 0 aromatic carbocycles. The summed E-state index contributed by atoms with van der Waals surface area (Å²) in [5.41, 5.74) is 0.720. The van der Waals surface area contributed by atoms with E-state index in [1.54, 1.807) is 38.5 Å². The van der Waals surface area contributed by atoms with Crippen LogP contribution in [0.4, 0.5) is 0 Å². The maximum atomic E-state index is 3.88. The average molecular weight is 234 g/mol. The van der Waals surface area contributed by atoms with E-state index < -0.39 is 0 Å². The zero-order chi connectivity index (χ0) is 11.3. The summed E-state index contributed by atoms with van der Waals surface area (Å²) >= 11 is 0. The summed E-state index contributed by atoms with van der Waals surface area (Å²) in [6.45, 7) is 3.74. The molecule has 17 heavy (non-hydrogen) atoms. The third-order valence-corrected chi connectivity index (χ3v) is 5.99. The maximum Gasteiger partial charge on any atom is 0.0204 e. The second-order valence-electron chi connectivity index (χ2n) is 7.49. The SMILES string of the molecule is C1CC(NCC23CC4CC(CC(C4)C2)C3)CN1. The summed E-state index contributed by atoms with van der Waals surface area (Å²) in [5, 5.41) is 7.34. The molecule has 0 spiro atoms. The molecule has 96 valence electrons. The van der Waals surface area contributed by atoms with E-state index in [0.29, 0.717) is 0 Å². The first kappa shape index (κ1) is 10.8. The quantitative estimate of drug-likeness (QED) is 0.782. The van der Waals surface area contributed by atoms with Crippen molar-refractivity contribution in [1.82, 2.24) is 10.6 Å². The highest BCUT2D eigenvalue weighted by Gasteiger charge is 2.50. The van der Waals surface area contributed by atoms with Gasteiger partial charge in [0.05, 0.1) is 0 Å². The van der Waals surface area contributed by atoms with Crippen molar-refractivity contribution in [3.8, 4) is 0 Å². The normalized spacial score (nSPS) is 52.2.